The number of hydrogen-bond acceptors (Lipinski definition) is 5. The molecule has 0 saturated carbocycles. The summed E-state index contributed by atoms with van der Waals surface area (Å²) in [6, 6.07) is 2.48. The van der Waals surface area contributed by atoms with E-state index in [4.69, 9.17) is 5.26 Å². The molecule has 17 heavy (non-hydrogen) atoms. The van der Waals surface area contributed by atoms with Crippen LogP contribution in [0.3, 0.4) is 0 Å². The van der Waals surface area contributed by atoms with Crippen molar-refractivity contribution in [3.05, 3.63) is 27.6 Å². The number of nitriles is 1. The zero-order valence-corrected chi connectivity index (χ0v) is 8.68. The van der Waals surface area contributed by atoms with Crippen LogP contribution in [0.15, 0.2) is 6.07 Å². The average Bonchev–Trinajstić information content (AvgIpc) is 2.28. The highest BCUT2D eigenvalue weighted by Gasteiger charge is 2.24. The molecule has 0 N–H and O–H groups in total. The smallest absolute Gasteiger partial charge is 0.295 e. The summed E-state index contributed by atoms with van der Waals surface area (Å²) in [7, 11) is 1.11. The molecule has 0 atom stereocenters. The summed E-state index contributed by atoms with van der Waals surface area (Å²) < 4.78 is 29.7. The van der Waals surface area contributed by atoms with Crippen molar-refractivity contribution in [3.8, 4) is 11.8 Å². The van der Waals surface area contributed by atoms with Crippen molar-refractivity contribution in [3.63, 3.8) is 0 Å². The Morgan fingerprint density at radius 3 is 2.76 bits per heavy atom. The Morgan fingerprint density at radius 1 is 1.71 bits per heavy atom. The molecule has 0 radical (unpaired) electrons. The second-order valence-electron chi connectivity index (χ2n) is 2.93. The molecule has 1 heterocycles. The highest BCUT2D eigenvalue weighted by molar-refractivity contribution is 5.46. The van der Waals surface area contributed by atoms with Gasteiger partial charge in [-0.05, 0) is 0 Å². The summed E-state index contributed by atoms with van der Waals surface area (Å²) in [5.41, 5.74) is -1.51. The Balaban J connectivity index is 3.43. The van der Waals surface area contributed by atoms with Gasteiger partial charge in [-0.1, -0.05) is 0 Å². The number of methoxy groups -OCH3 is 1. The predicted octanol–water partition coefficient (Wildman–Crippen LogP) is 2.00. The minimum Gasteiger partial charge on any atom is -0.494 e. The van der Waals surface area contributed by atoms with Crippen LogP contribution >= 0.6 is 0 Å². The first kappa shape index (κ1) is 12.8. The van der Waals surface area contributed by atoms with Crippen LogP contribution in [-0.4, -0.2) is 17.0 Å². The number of nitrogens with zero attached hydrogens (tertiary/aromatic N) is 3. The monoisotopic (exact) mass is 243 g/mol. The van der Waals surface area contributed by atoms with Crippen LogP contribution in [0.25, 0.3) is 0 Å². The minimum atomic E-state index is -2.93. The summed E-state index contributed by atoms with van der Waals surface area (Å²) >= 11 is 0. The maximum atomic E-state index is 12.6. The number of hydrogen-bond donors (Lipinski definition) is 0. The molecule has 0 bridgehead atoms. The Bertz CT molecular complexity index is 485. The lowest BCUT2D eigenvalue weighted by atomic mass is 10.2. The predicted molar refractivity (Wildman–Crippen MR) is 51.7 cm³/mol. The van der Waals surface area contributed by atoms with Crippen molar-refractivity contribution in [1.82, 2.24) is 4.98 Å². The second kappa shape index (κ2) is 5.16. The molecule has 1 aromatic rings. The molecular formula is C9H7F2N3O3. The van der Waals surface area contributed by atoms with E-state index in [9.17, 15) is 18.9 Å². The maximum absolute atomic E-state index is 12.6. The van der Waals surface area contributed by atoms with Gasteiger partial charge in [-0.3, -0.25) is 10.1 Å². The van der Waals surface area contributed by atoms with E-state index in [-0.39, 0.29) is 11.4 Å². The minimum absolute atomic E-state index is 0.298. The zero-order valence-electron chi connectivity index (χ0n) is 8.68. The summed E-state index contributed by atoms with van der Waals surface area (Å²) in [6.45, 7) is 0. The fourth-order valence-electron chi connectivity index (χ4n) is 1.22. The second-order valence-corrected chi connectivity index (χ2v) is 2.93. The van der Waals surface area contributed by atoms with Gasteiger partial charge >= 0.3 is 0 Å². The number of rotatable bonds is 4. The normalized spacial score (nSPS) is 10.1. The van der Waals surface area contributed by atoms with E-state index in [0.717, 1.165) is 13.2 Å². The number of ether oxygens (including phenoxy) is 1. The number of alkyl halides is 2. The van der Waals surface area contributed by atoms with Crippen molar-refractivity contribution in [2.24, 2.45) is 0 Å². The first-order valence-electron chi connectivity index (χ1n) is 4.38. The molecule has 0 fully saturated rings. The maximum Gasteiger partial charge on any atom is 0.295 e. The van der Waals surface area contributed by atoms with Gasteiger partial charge in [-0.2, -0.15) is 5.26 Å². The Kier molecular flexibility index (Phi) is 3.87. The molecule has 1 aromatic heterocycles. The molecule has 0 aliphatic carbocycles. The Morgan fingerprint density at radius 2 is 2.35 bits per heavy atom. The van der Waals surface area contributed by atoms with Crippen LogP contribution in [0.2, 0.25) is 0 Å². The van der Waals surface area contributed by atoms with E-state index in [1.165, 1.54) is 0 Å². The Hall–Kier alpha value is -2.30. The summed E-state index contributed by atoms with van der Waals surface area (Å²) in [4.78, 5) is 13.3. The van der Waals surface area contributed by atoms with Gasteiger partial charge in [0.1, 0.15) is 11.4 Å². The molecular weight excluding hydrogens is 236 g/mol. The largest absolute Gasteiger partial charge is 0.494 e. The van der Waals surface area contributed by atoms with Crippen LogP contribution in [0.4, 0.5) is 14.5 Å². The van der Waals surface area contributed by atoms with Gasteiger partial charge in [-0.15, -0.1) is 0 Å². The van der Waals surface area contributed by atoms with Gasteiger partial charge in [-0.25, -0.2) is 13.8 Å². The third kappa shape index (κ3) is 2.63. The van der Waals surface area contributed by atoms with Gasteiger partial charge in [0.2, 0.25) is 0 Å². The van der Waals surface area contributed by atoms with E-state index in [2.05, 4.69) is 9.72 Å². The number of halogens is 2. The number of pyridine rings is 1. The fourth-order valence-corrected chi connectivity index (χ4v) is 1.22. The third-order valence-corrected chi connectivity index (χ3v) is 1.94. The van der Waals surface area contributed by atoms with Crippen molar-refractivity contribution in [1.29, 1.82) is 5.26 Å². The first-order chi connectivity index (χ1) is 8.01. The van der Waals surface area contributed by atoms with E-state index < -0.39 is 29.2 Å². The topological polar surface area (TPSA) is 89.0 Å². The third-order valence-electron chi connectivity index (χ3n) is 1.94. The highest BCUT2D eigenvalue weighted by atomic mass is 19.3. The molecule has 0 aromatic carbocycles. The average molecular weight is 243 g/mol. The van der Waals surface area contributed by atoms with E-state index in [1.807, 2.05) is 0 Å². The van der Waals surface area contributed by atoms with Crippen LogP contribution in [0.5, 0.6) is 5.75 Å². The molecule has 0 aliphatic rings. The van der Waals surface area contributed by atoms with Gasteiger partial charge in [0.15, 0.2) is 5.75 Å². The number of nitro groups is 1. The quantitative estimate of drug-likeness (QED) is 0.596. The summed E-state index contributed by atoms with van der Waals surface area (Å²) in [5, 5.41) is 19.1. The van der Waals surface area contributed by atoms with Gasteiger partial charge in [0, 0.05) is 0 Å². The van der Waals surface area contributed by atoms with Crippen LogP contribution in [0.1, 0.15) is 17.8 Å². The van der Waals surface area contributed by atoms with Crippen molar-refractivity contribution in [2.75, 3.05) is 7.11 Å². The highest BCUT2D eigenvalue weighted by Crippen LogP contribution is 2.32. The summed E-state index contributed by atoms with van der Waals surface area (Å²) in [5.74, 6) is -0.367. The lowest BCUT2D eigenvalue weighted by molar-refractivity contribution is -0.385. The van der Waals surface area contributed by atoms with E-state index in [1.54, 1.807) is 6.07 Å². The molecule has 0 spiro atoms. The van der Waals surface area contributed by atoms with Gasteiger partial charge in [0.25, 0.3) is 12.1 Å². The van der Waals surface area contributed by atoms with Crippen LogP contribution < -0.4 is 4.74 Å². The standard InChI is InChI=1S/C9H7F2N3O3/c1-17-7-4-6(14(15)16)5(2-3-12)13-8(7)9(10)11/h4,9H,2H2,1H3. The van der Waals surface area contributed by atoms with Gasteiger partial charge in [0.05, 0.1) is 30.6 Å². The lowest BCUT2D eigenvalue weighted by Gasteiger charge is -2.08. The molecule has 1 rings (SSSR count). The molecule has 0 unspecified atom stereocenters. The van der Waals surface area contributed by atoms with Gasteiger partial charge < -0.3 is 4.74 Å². The van der Waals surface area contributed by atoms with E-state index >= 15 is 0 Å². The number of aromatic nitrogens is 1. The molecule has 0 saturated heterocycles. The van der Waals surface area contributed by atoms with Crippen molar-refractivity contribution < 1.29 is 18.4 Å². The van der Waals surface area contributed by atoms with Crippen molar-refractivity contribution in [2.45, 2.75) is 12.8 Å². The van der Waals surface area contributed by atoms with E-state index in [0.29, 0.717) is 0 Å². The van der Waals surface area contributed by atoms with Crippen LogP contribution in [-0.2, 0) is 6.42 Å². The van der Waals surface area contributed by atoms with Crippen molar-refractivity contribution >= 4 is 5.69 Å². The summed E-state index contributed by atoms with van der Waals surface area (Å²) in [6.07, 6.45) is -3.34. The molecule has 0 amide bonds. The van der Waals surface area contributed by atoms with Crippen LogP contribution in [0, 0.1) is 21.4 Å². The molecule has 8 heteroatoms. The molecule has 0 aliphatic heterocycles. The lowest BCUT2D eigenvalue weighted by Crippen LogP contribution is -2.04. The molecule has 90 valence electrons. The molecule has 6 nitrogen and oxygen atoms in total. The zero-order chi connectivity index (χ0) is 13.0. The SMILES string of the molecule is COc1cc([N+](=O)[O-])c(CC#N)nc1C(F)F. The first-order valence-corrected chi connectivity index (χ1v) is 4.38. The fraction of sp³-hybridized carbons (Fsp3) is 0.333. The Labute approximate surface area is 94.6 Å².